The summed E-state index contributed by atoms with van der Waals surface area (Å²) in [6, 6.07) is 7.63. The van der Waals surface area contributed by atoms with Gasteiger partial charge in [-0.25, -0.2) is 4.99 Å². The molecule has 0 radical (unpaired) electrons. The largest absolute Gasteiger partial charge is 0.497 e. The van der Waals surface area contributed by atoms with Crippen LogP contribution in [-0.2, 0) is 12.8 Å². The number of benzene rings is 1. The molecule has 0 atom stereocenters. The number of methoxy groups -OCH3 is 1. The maximum Gasteiger partial charge on any atom is 0.252 e. The predicted octanol–water partition coefficient (Wildman–Crippen LogP) is 3.49. The van der Waals surface area contributed by atoms with E-state index >= 15 is 0 Å². The van der Waals surface area contributed by atoms with Crippen molar-refractivity contribution in [2.75, 3.05) is 7.11 Å². The quantitative estimate of drug-likeness (QED) is 0.878. The predicted molar refractivity (Wildman–Crippen MR) is 89.7 cm³/mol. The van der Waals surface area contributed by atoms with E-state index < -0.39 is 0 Å². The Kier molecular flexibility index (Phi) is 4.24. The van der Waals surface area contributed by atoms with Crippen molar-refractivity contribution < 1.29 is 9.53 Å². The number of aliphatic imine (C=N–C) groups is 1. The third-order valence-electron chi connectivity index (χ3n) is 3.85. The highest BCUT2D eigenvalue weighted by Gasteiger charge is 2.23. The maximum absolute atomic E-state index is 11.8. The van der Waals surface area contributed by atoms with Crippen LogP contribution in [0.3, 0.4) is 0 Å². The molecule has 4 nitrogen and oxygen atoms in total. The summed E-state index contributed by atoms with van der Waals surface area (Å²) in [4.78, 5) is 17.6. The van der Waals surface area contributed by atoms with Crippen LogP contribution in [0.4, 0.5) is 5.00 Å². The van der Waals surface area contributed by atoms with Gasteiger partial charge in [0, 0.05) is 11.1 Å². The highest BCUT2D eigenvalue weighted by Crippen LogP contribution is 2.39. The number of aryl methyl sites for hydroxylation is 1. The van der Waals surface area contributed by atoms with E-state index in [2.05, 4.69) is 4.99 Å². The second kappa shape index (κ2) is 6.32. The normalized spacial score (nSPS) is 14.0. The van der Waals surface area contributed by atoms with Crippen molar-refractivity contribution in [3.8, 4) is 5.75 Å². The Morgan fingerprint density at radius 1 is 1.27 bits per heavy atom. The van der Waals surface area contributed by atoms with Crippen molar-refractivity contribution in [2.45, 2.75) is 25.7 Å². The van der Waals surface area contributed by atoms with Gasteiger partial charge in [-0.2, -0.15) is 0 Å². The topological polar surface area (TPSA) is 64.7 Å². The number of hydrogen-bond donors (Lipinski definition) is 1. The number of primary amides is 1. The van der Waals surface area contributed by atoms with Gasteiger partial charge in [-0.15, -0.1) is 11.3 Å². The zero-order valence-electron chi connectivity index (χ0n) is 12.5. The third-order valence-corrected chi connectivity index (χ3v) is 5.05. The monoisotopic (exact) mass is 314 g/mol. The Morgan fingerprint density at radius 3 is 2.68 bits per heavy atom. The lowest BCUT2D eigenvalue weighted by molar-refractivity contribution is 0.100. The number of rotatable bonds is 4. The summed E-state index contributed by atoms with van der Waals surface area (Å²) in [6.07, 6.45) is 6.02. The molecule has 2 aromatic rings. The van der Waals surface area contributed by atoms with E-state index in [0.717, 1.165) is 41.1 Å². The van der Waals surface area contributed by atoms with E-state index in [0.29, 0.717) is 5.56 Å². The van der Waals surface area contributed by atoms with E-state index in [1.54, 1.807) is 24.7 Å². The Labute approximate surface area is 133 Å². The fourth-order valence-corrected chi connectivity index (χ4v) is 3.96. The Balaban J connectivity index is 1.92. The standard InChI is InChI=1S/C17H18N2O2S/c1-21-12-8-6-11(7-9-12)10-19-17-15(16(18)20)13-4-2-3-5-14(13)22-17/h6-10H,2-5H2,1H3,(H2,18,20). The van der Waals surface area contributed by atoms with Gasteiger partial charge in [0.1, 0.15) is 10.8 Å². The first-order valence-corrected chi connectivity index (χ1v) is 8.13. The number of nitrogens with two attached hydrogens (primary N) is 1. The first-order chi connectivity index (χ1) is 10.7. The molecule has 1 aliphatic carbocycles. The lowest BCUT2D eigenvalue weighted by atomic mass is 9.95. The van der Waals surface area contributed by atoms with Crippen LogP contribution in [0.5, 0.6) is 5.75 Å². The van der Waals surface area contributed by atoms with E-state index in [1.165, 1.54) is 11.3 Å². The molecule has 22 heavy (non-hydrogen) atoms. The van der Waals surface area contributed by atoms with Crippen molar-refractivity contribution >= 4 is 28.5 Å². The second-order valence-electron chi connectivity index (χ2n) is 5.29. The Morgan fingerprint density at radius 2 is 2.00 bits per heavy atom. The van der Waals surface area contributed by atoms with Crippen LogP contribution in [0.25, 0.3) is 0 Å². The SMILES string of the molecule is COc1ccc(C=Nc2sc3c(c2C(N)=O)CCCC3)cc1. The number of fused-ring (bicyclic) bond motifs is 1. The molecule has 0 unspecified atom stereocenters. The fourth-order valence-electron chi connectivity index (χ4n) is 2.72. The molecular weight excluding hydrogens is 296 g/mol. The minimum absolute atomic E-state index is 0.374. The summed E-state index contributed by atoms with van der Waals surface area (Å²) in [7, 11) is 1.64. The molecule has 0 saturated carbocycles. The minimum atomic E-state index is -0.374. The Bertz CT molecular complexity index is 717. The van der Waals surface area contributed by atoms with Crippen molar-refractivity contribution in [3.63, 3.8) is 0 Å². The molecule has 0 fully saturated rings. The van der Waals surface area contributed by atoms with E-state index in [9.17, 15) is 4.79 Å². The summed E-state index contributed by atoms with van der Waals surface area (Å²) >= 11 is 1.59. The number of carbonyl (C=O) groups is 1. The number of amides is 1. The molecule has 1 heterocycles. The summed E-state index contributed by atoms with van der Waals surface area (Å²) in [5.41, 5.74) is 8.26. The van der Waals surface area contributed by atoms with Crippen LogP contribution in [0.2, 0.25) is 0 Å². The van der Waals surface area contributed by atoms with Crippen LogP contribution in [0.15, 0.2) is 29.3 Å². The molecule has 114 valence electrons. The van der Waals surface area contributed by atoms with Gasteiger partial charge < -0.3 is 10.5 Å². The van der Waals surface area contributed by atoms with Gasteiger partial charge in [-0.1, -0.05) is 0 Å². The van der Waals surface area contributed by atoms with Gasteiger partial charge in [0.25, 0.3) is 5.91 Å². The average molecular weight is 314 g/mol. The van der Waals surface area contributed by atoms with Crippen molar-refractivity contribution in [3.05, 3.63) is 45.8 Å². The van der Waals surface area contributed by atoms with Crippen LogP contribution < -0.4 is 10.5 Å². The number of hydrogen-bond acceptors (Lipinski definition) is 4. The van der Waals surface area contributed by atoms with Gasteiger partial charge in [0.2, 0.25) is 0 Å². The molecule has 1 amide bonds. The average Bonchev–Trinajstić information content (AvgIpc) is 2.92. The van der Waals surface area contributed by atoms with Gasteiger partial charge in [-0.05, 0) is 61.1 Å². The maximum atomic E-state index is 11.8. The van der Waals surface area contributed by atoms with Gasteiger partial charge >= 0.3 is 0 Å². The zero-order chi connectivity index (χ0) is 15.5. The fraction of sp³-hybridized carbons (Fsp3) is 0.294. The van der Waals surface area contributed by atoms with E-state index in [1.807, 2.05) is 24.3 Å². The smallest absolute Gasteiger partial charge is 0.252 e. The number of nitrogens with zero attached hydrogens (tertiary/aromatic N) is 1. The molecule has 0 bridgehead atoms. The van der Waals surface area contributed by atoms with Crippen LogP contribution >= 0.6 is 11.3 Å². The van der Waals surface area contributed by atoms with Crippen molar-refractivity contribution in [1.29, 1.82) is 0 Å². The molecule has 0 saturated heterocycles. The summed E-state index contributed by atoms with van der Waals surface area (Å²) in [5, 5.41) is 0.732. The van der Waals surface area contributed by atoms with Gasteiger partial charge in [0.05, 0.1) is 12.7 Å². The molecule has 0 aliphatic heterocycles. The minimum Gasteiger partial charge on any atom is -0.497 e. The lowest BCUT2D eigenvalue weighted by Crippen LogP contribution is -2.14. The molecule has 2 N–H and O–H groups in total. The molecule has 3 rings (SSSR count). The third kappa shape index (κ3) is 2.90. The molecule has 1 aliphatic rings. The van der Waals surface area contributed by atoms with E-state index in [4.69, 9.17) is 10.5 Å². The first kappa shape index (κ1) is 14.8. The number of ether oxygens (including phenoxy) is 1. The number of carbonyl (C=O) groups excluding carboxylic acids is 1. The molecule has 1 aromatic carbocycles. The van der Waals surface area contributed by atoms with Crippen molar-refractivity contribution in [1.82, 2.24) is 0 Å². The summed E-state index contributed by atoms with van der Waals surface area (Å²) in [5.74, 6) is 0.433. The first-order valence-electron chi connectivity index (χ1n) is 7.31. The zero-order valence-corrected chi connectivity index (χ0v) is 13.3. The van der Waals surface area contributed by atoms with Crippen LogP contribution in [0.1, 0.15) is 39.2 Å². The molecular formula is C17H18N2O2S. The van der Waals surface area contributed by atoms with Gasteiger partial charge in [-0.3, -0.25) is 4.79 Å². The number of thiophene rings is 1. The van der Waals surface area contributed by atoms with Crippen molar-refractivity contribution in [2.24, 2.45) is 10.7 Å². The summed E-state index contributed by atoms with van der Waals surface area (Å²) in [6.45, 7) is 0. The highest BCUT2D eigenvalue weighted by atomic mass is 32.1. The molecule has 0 spiro atoms. The lowest BCUT2D eigenvalue weighted by Gasteiger charge is -2.10. The van der Waals surface area contributed by atoms with Crippen LogP contribution in [0, 0.1) is 0 Å². The second-order valence-corrected chi connectivity index (χ2v) is 6.37. The van der Waals surface area contributed by atoms with Crippen LogP contribution in [-0.4, -0.2) is 19.2 Å². The highest BCUT2D eigenvalue weighted by molar-refractivity contribution is 7.16. The summed E-state index contributed by atoms with van der Waals surface area (Å²) < 4.78 is 5.13. The van der Waals surface area contributed by atoms with E-state index in [-0.39, 0.29) is 5.91 Å². The molecule has 5 heteroatoms. The van der Waals surface area contributed by atoms with Gasteiger partial charge in [0.15, 0.2) is 0 Å². The molecule has 1 aromatic heterocycles. The Hall–Kier alpha value is -2.14.